The summed E-state index contributed by atoms with van der Waals surface area (Å²) in [5.41, 5.74) is 0.0928. The molecule has 0 unspecified atom stereocenters. The summed E-state index contributed by atoms with van der Waals surface area (Å²) < 4.78 is 5.20. The van der Waals surface area contributed by atoms with Gasteiger partial charge in [-0.25, -0.2) is 4.79 Å². The Labute approximate surface area is 115 Å². The fourth-order valence-electron chi connectivity index (χ4n) is 1.67. The Hall–Kier alpha value is -2.81. The number of hydrogen-bond acceptors (Lipinski definition) is 5. The van der Waals surface area contributed by atoms with Crippen LogP contribution in [0.25, 0.3) is 0 Å². The van der Waals surface area contributed by atoms with E-state index in [9.17, 15) is 14.4 Å². The lowest BCUT2D eigenvalue weighted by Gasteiger charge is -2.14. The van der Waals surface area contributed by atoms with Crippen LogP contribution in [0.3, 0.4) is 0 Å². The summed E-state index contributed by atoms with van der Waals surface area (Å²) in [5.74, 6) is 0.588. The molecule has 0 spiro atoms. The predicted molar refractivity (Wildman–Crippen MR) is 67.3 cm³/mol. The number of rotatable bonds is 4. The third kappa shape index (κ3) is 2.78. The number of hydroxylamine groups is 2. The summed E-state index contributed by atoms with van der Waals surface area (Å²) in [5, 5.41) is 0.486. The second-order valence-electron chi connectivity index (χ2n) is 3.95. The first-order valence-corrected chi connectivity index (χ1v) is 5.87. The van der Waals surface area contributed by atoms with Gasteiger partial charge in [0, 0.05) is 12.8 Å². The van der Waals surface area contributed by atoms with Crippen molar-refractivity contribution in [3.05, 3.63) is 29.8 Å². The molecule has 2 amide bonds. The molecule has 1 fully saturated rings. The fraction of sp³-hybridized carbons (Fsp3) is 0.214. The minimum atomic E-state index is -0.846. The fourth-order valence-corrected chi connectivity index (χ4v) is 1.67. The average molecular weight is 273 g/mol. The van der Waals surface area contributed by atoms with E-state index in [2.05, 4.69) is 5.92 Å². The Balaban J connectivity index is 2.15. The number of imide groups is 1. The van der Waals surface area contributed by atoms with Gasteiger partial charge in [0.15, 0.2) is 0 Å². The summed E-state index contributed by atoms with van der Waals surface area (Å²) in [4.78, 5) is 39.5. The molecule has 1 saturated heterocycles. The number of carbonyl (C=O) groups excluding carboxylic acids is 3. The van der Waals surface area contributed by atoms with Crippen LogP contribution in [0, 0.1) is 12.3 Å². The normalized spacial score (nSPS) is 14.1. The number of carbonyl (C=O) groups is 3. The molecule has 6 nitrogen and oxygen atoms in total. The zero-order valence-corrected chi connectivity index (χ0v) is 10.5. The van der Waals surface area contributed by atoms with E-state index in [1.807, 2.05) is 0 Å². The lowest BCUT2D eigenvalue weighted by Crippen LogP contribution is -2.32. The van der Waals surface area contributed by atoms with E-state index < -0.39 is 17.8 Å². The second kappa shape index (κ2) is 5.89. The first-order valence-electron chi connectivity index (χ1n) is 5.87. The van der Waals surface area contributed by atoms with Crippen LogP contribution in [0.4, 0.5) is 0 Å². The van der Waals surface area contributed by atoms with Gasteiger partial charge < -0.3 is 9.57 Å². The highest BCUT2D eigenvalue weighted by Gasteiger charge is 2.33. The molecule has 0 saturated carbocycles. The lowest BCUT2D eigenvalue weighted by molar-refractivity contribution is -0.172. The van der Waals surface area contributed by atoms with Gasteiger partial charge in [-0.15, -0.1) is 11.5 Å². The van der Waals surface area contributed by atoms with Crippen molar-refractivity contribution in [2.45, 2.75) is 12.8 Å². The standard InChI is InChI=1S/C14H11NO5/c1-2-9-19-11-6-4-3-5-10(11)14(18)20-15-12(16)7-8-13(15)17/h1,3-6H,7-9H2. The van der Waals surface area contributed by atoms with Crippen molar-refractivity contribution in [2.75, 3.05) is 6.61 Å². The predicted octanol–water partition coefficient (Wildman–Crippen LogP) is 0.919. The molecule has 102 valence electrons. The maximum absolute atomic E-state index is 12.0. The summed E-state index contributed by atoms with van der Waals surface area (Å²) >= 11 is 0. The zero-order chi connectivity index (χ0) is 14.5. The van der Waals surface area contributed by atoms with Crippen molar-refractivity contribution in [1.29, 1.82) is 0 Å². The van der Waals surface area contributed by atoms with Crippen LogP contribution >= 0.6 is 0 Å². The zero-order valence-electron chi connectivity index (χ0n) is 10.5. The van der Waals surface area contributed by atoms with Crippen LogP contribution in [0.2, 0.25) is 0 Å². The van der Waals surface area contributed by atoms with E-state index in [-0.39, 0.29) is 30.8 Å². The molecule has 6 heteroatoms. The Bertz CT molecular complexity index is 586. The van der Waals surface area contributed by atoms with Gasteiger partial charge in [0.05, 0.1) is 0 Å². The van der Waals surface area contributed by atoms with E-state index in [0.29, 0.717) is 5.06 Å². The highest BCUT2D eigenvalue weighted by atomic mass is 16.7. The van der Waals surface area contributed by atoms with Crippen LogP contribution in [0.1, 0.15) is 23.2 Å². The van der Waals surface area contributed by atoms with Crippen molar-refractivity contribution in [3.8, 4) is 18.1 Å². The van der Waals surface area contributed by atoms with Gasteiger partial charge in [-0.05, 0) is 12.1 Å². The monoisotopic (exact) mass is 273 g/mol. The number of para-hydroxylation sites is 1. The molecule has 0 bridgehead atoms. The molecule has 1 aromatic carbocycles. The highest BCUT2D eigenvalue weighted by molar-refractivity contribution is 6.03. The smallest absolute Gasteiger partial charge is 0.367 e. The number of nitrogens with zero attached hydrogens (tertiary/aromatic N) is 1. The van der Waals surface area contributed by atoms with Crippen molar-refractivity contribution in [1.82, 2.24) is 5.06 Å². The van der Waals surface area contributed by atoms with Crippen molar-refractivity contribution in [3.63, 3.8) is 0 Å². The van der Waals surface area contributed by atoms with Gasteiger partial charge in [0.2, 0.25) is 0 Å². The van der Waals surface area contributed by atoms with Crippen LogP contribution in [-0.2, 0) is 14.4 Å². The van der Waals surface area contributed by atoms with E-state index in [4.69, 9.17) is 16.0 Å². The molecular weight excluding hydrogens is 262 g/mol. The Morgan fingerprint density at radius 2 is 1.90 bits per heavy atom. The topological polar surface area (TPSA) is 72.9 Å². The Kier molecular flexibility index (Phi) is 4.01. The molecule has 1 aliphatic rings. The van der Waals surface area contributed by atoms with Gasteiger partial charge in [0.1, 0.15) is 17.9 Å². The van der Waals surface area contributed by atoms with Crippen molar-refractivity contribution < 1.29 is 24.0 Å². The Morgan fingerprint density at radius 3 is 2.55 bits per heavy atom. The molecule has 20 heavy (non-hydrogen) atoms. The molecule has 0 radical (unpaired) electrons. The minimum Gasteiger partial charge on any atom is -0.480 e. The van der Waals surface area contributed by atoms with E-state index in [1.165, 1.54) is 6.07 Å². The van der Waals surface area contributed by atoms with E-state index in [1.54, 1.807) is 18.2 Å². The van der Waals surface area contributed by atoms with Gasteiger partial charge in [-0.3, -0.25) is 9.59 Å². The first kappa shape index (κ1) is 13.6. The van der Waals surface area contributed by atoms with Crippen LogP contribution in [0.5, 0.6) is 5.75 Å². The van der Waals surface area contributed by atoms with Crippen molar-refractivity contribution >= 4 is 17.8 Å². The molecule has 0 aliphatic carbocycles. The molecule has 1 aromatic rings. The first-order chi connectivity index (χ1) is 9.63. The molecule has 2 rings (SSSR count). The Morgan fingerprint density at radius 1 is 1.25 bits per heavy atom. The molecule has 1 aliphatic heterocycles. The van der Waals surface area contributed by atoms with Gasteiger partial charge in [-0.2, -0.15) is 0 Å². The van der Waals surface area contributed by atoms with Crippen LogP contribution in [-0.4, -0.2) is 29.5 Å². The third-order valence-electron chi connectivity index (χ3n) is 2.60. The van der Waals surface area contributed by atoms with Crippen LogP contribution in [0.15, 0.2) is 24.3 Å². The summed E-state index contributed by atoms with van der Waals surface area (Å²) in [6, 6.07) is 6.27. The average Bonchev–Trinajstić information content (AvgIpc) is 2.77. The van der Waals surface area contributed by atoms with Crippen molar-refractivity contribution in [2.24, 2.45) is 0 Å². The molecule has 0 atom stereocenters. The van der Waals surface area contributed by atoms with Crippen LogP contribution < -0.4 is 4.74 Å². The number of hydrogen-bond donors (Lipinski definition) is 0. The highest BCUT2D eigenvalue weighted by Crippen LogP contribution is 2.21. The minimum absolute atomic E-state index is 0.00807. The number of ether oxygens (including phenoxy) is 1. The van der Waals surface area contributed by atoms with E-state index in [0.717, 1.165) is 0 Å². The molecule has 1 heterocycles. The number of amides is 2. The summed E-state index contributed by atoms with van der Waals surface area (Å²) in [6.07, 6.45) is 5.17. The largest absolute Gasteiger partial charge is 0.480 e. The second-order valence-corrected chi connectivity index (χ2v) is 3.95. The number of benzene rings is 1. The summed E-state index contributed by atoms with van der Waals surface area (Å²) in [6.45, 7) is -0.00807. The van der Waals surface area contributed by atoms with Gasteiger partial charge in [-0.1, -0.05) is 18.1 Å². The van der Waals surface area contributed by atoms with Gasteiger partial charge >= 0.3 is 5.97 Å². The summed E-state index contributed by atoms with van der Waals surface area (Å²) in [7, 11) is 0. The maximum atomic E-state index is 12.0. The molecule has 0 N–H and O–H groups in total. The quantitative estimate of drug-likeness (QED) is 0.602. The van der Waals surface area contributed by atoms with Gasteiger partial charge in [0.25, 0.3) is 11.8 Å². The maximum Gasteiger partial charge on any atom is 0.367 e. The number of terminal acetylenes is 1. The molecule has 0 aromatic heterocycles. The third-order valence-corrected chi connectivity index (χ3v) is 2.60. The molecular formula is C14H11NO5. The SMILES string of the molecule is C#CCOc1ccccc1C(=O)ON1C(=O)CCC1=O. The van der Waals surface area contributed by atoms with E-state index >= 15 is 0 Å². The lowest BCUT2D eigenvalue weighted by atomic mass is 10.2.